The lowest BCUT2D eigenvalue weighted by Gasteiger charge is -2.35. The second kappa shape index (κ2) is 6.85. The van der Waals surface area contributed by atoms with E-state index in [1.54, 1.807) is 4.68 Å². The maximum absolute atomic E-state index is 10.5. The summed E-state index contributed by atoms with van der Waals surface area (Å²) in [7, 11) is 4.27. The summed E-state index contributed by atoms with van der Waals surface area (Å²) in [4.78, 5) is 15.3. The third-order valence-corrected chi connectivity index (χ3v) is 3.86. The summed E-state index contributed by atoms with van der Waals surface area (Å²) >= 11 is 0. The van der Waals surface area contributed by atoms with Crippen molar-refractivity contribution < 1.29 is 9.90 Å². The van der Waals surface area contributed by atoms with E-state index in [0.717, 1.165) is 25.2 Å². The van der Waals surface area contributed by atoms with Gasteiger partial charge in [-0.2, -0.15) is 5.10 Å². The SMILES string of the molecule is CN(C)[C@H]1CCCN(Cc2cnn(CCC(=O)O)c2)C1. The van der Waals surface area contributed by atoms with Gasteiger partial charge in [0.2, 0.25) is 0 Å². The van der Waals surface area contributed by atoms with Gasteiger partial charge in [0.15, 0.2) is 0 Å². The summed E-state index contributed by atoms with van der Waals surface area (Å²) < 4.78 is 1.72. The quantitative estimate of drug-likeness (QED) is 0.838. The topological polar surface area (TPSA) is 61.6 Å². The number of likely N-dealkylation sites (N-methyl/N-ethyl adjacent to an activating group) is 1. The molecule has 1 aromatic heterocycles. The van der Waals surface area contributed by atoms with E-state index in [0.29, 0.717) is 12.6 Å². The van der Waals surface area contributed by atoms with Gasteiger partial charge < -0.3 is 10.0 Å². The molecule has 1 aliphatic heterocycles. The predicted molar refractivity (Wildman–Crippen MR) is 76.5 cm³/mol. The van der Waals surface area contributed by atoms with Crippen LogP contribution in [0.25, 0.3) is 0 Å². The number of rotatable bonds is 6. The lowest BCUT2D eigenvalue weighted by molar-refractivity contribution is -0.137. The third kappa shape index (κ3) is 4.31. The van der Waals surface area contributed by atoms with Gasteiger partial charge in [0.25, 0.3) is 0 Å². The summed E-state index contributed by atoms with van der Waals surface area (Å²) in [6, 6.07) is 0.630. The van der Waals surface area contributed by atoms with Gasteiger partial charge in [-0.05, 0) is 33.5 Å². The van der Waals surface area contributed by atoms with E-state index < -0.39 is 5.97 Å². The largest absolute Gasteiger partial charge is 0.481 e. The Morgan fingerprint density at radius 2 is 2.35 bits per heavy atom. The van der Waals surface area contributed by atoms with Gasteiger partial charge in [0, 0.05) is 30.9 Å². The molecule has 1 saturated heterocycles. The van der Waals surface area contributed by atoms with Crippen LogP contribution in [0.15, 0.2) is 12.4 Å². The highest BCUT2D eigenvalue weighted by atomic mass is 16.4. The highest BCUT2D eigenvalue weighted by Gasteiger charge is 2.21. The molecule has 1 atom stereocenters. The van der Waals surface area contributed by atoms with Crippen LogP contribution in [0.5, 0.6) is 0 Å². The van der Waals surface area contributed by atoms with Crippen LogP contribution < -0.4 is 0 Å². The van der Waals surface area contributed by atoms with E-state index in [2.05, 4.69) is 29.0 Å². The molecular weight excluding hydrogens is 256 g/mol. The summed E-state index contributed by atoms with van der Waals surface area (Å²) in [6.45, 7) is 3.56. The molecule has 1 aliphatic rings. The fraction of sp³-hybridized carbons (Fsp3) is 0.714. The van der Waals surface area contributed by atoms with Crippen LogP contribution in [-0.2, 0) is 17.9 Å². The Morgan fingerprint density at radius 3 is 3.05 bits per heavy atom. The minimum Gasteiger partial charge on any atom is -0.481 e. The molecule has 0 saturated carbocycles. The van der Waals surface area contributed by atoms with E-state index in [-0.39, 0.29) is 6.42 Å². The summed E-state index contributed by atoms with van der Waals surface area (Å²) in [6.07, 6.45) is 6.42. The number of aromatic nitrogens is 2. The van der Waals surface area contributed by atoms with Gasteiger partial charge in [0.1, 0.15) is 0 Å². The fourth-order valence-electron chi connectivity index (χ4n) is 2.67. The second-order valence-electron chi connectivity index (χ2n) is 5.75. The van der Waals surface area contributed by atoms with Gasteiger partial charge >= 0.3 is 5.97 Å². The van der Waals surface area contributed by atoms with Crippen LogP contribution in [-0.4, -0.2) is 63.9 Å². The number of aliphatic carboxylic acids is 1. The smallest absolute Gasteiger partial charge is 0.305 e. The molecule has 2 heterocycles. The molecular formula is C14H24N4O2. The molecule has 6 heteroatoms. The molecule has 0 radical (unpaired) electrons. The number of hydrogen-bond donors (Lipinski definition) is 1. The number of likely N-dealkylation sites (tertiary alicyclic amines) is 1. The van der Waals surface area contributed by atoms with Crippen molar-refractivity contribution >= 4 is 5.97 Å². The molecule has 2 rings (SSSR count). The molecule has 0 unspecified atom stereocenters. The zero-order chi connectivity index (χ0) is 14.5. The zero-order valence-electron chi connectivity index (χ0n) is 12.3. The van der Waals surface area contributed by atoms with Crippen molar-refractivity contribution in [2.45, 2.75) is 38.4 Å². The van der Waals surface area contributed by atoms with Crippen LogP contribution >= 0.6 is 0 Å². The first-order chi connectivity index (χ1) is 9.54. The van der Waals surface area contributed by atoms with Gasteiger partial charge in [-0.3, -0.25) is 14.4 Å². The van der Waals surface area contributed by atoms with Gasteiger partial charge in [0.05, 0.1) is 19.2 Å². The number of carbonyl (C=O) groups is 1. The monoisotopic (exact) mass is 280 g/mol. The van der Waals surface area contributed by atoms with Crippen molar-refractivity contribution in [3.8, 4) is 0 Å². The molecule has 0 aliphatic carbocycles. The van der Waals surface area contributed by atoms with Crippen molar-refractivity contribution in [1.82, 2.24) is 19.6 Å². The van der Waals surface area contributed by atoms with E-state index in [1.807, 2.05) is 12.4 Å². The Kier molecular flexibility index (Phi) is 5.14. The summed E-state index contributed by atoms with van der Waals surface area (Å²) in [5.74, 6) is -0.785. The first-order valence-corrected chi connectivity index (χ1v) is 7.16. The number of nitrogens with zero attached hydrogens (tertiary/aromatic N) is 4. The average Bonchev–Trinajstić information content (AvgIpc) is 2.84. The minimum atomic E-state index is -0.785. The molecule has 0 amide bonds. The van der Waals surface area contributed by atoms with Crippen LogP contribution in [0, 0.1) is 0 Å². The highest BCUT2D eigenvalue weighted by molar-refractivity contribution is 5.66. The molecule has 112 valence electrons. The van der Waals surface area contributed by atoms with Crippen LogP contribution in [0.3, 0.4) is 0 Å². The first kappa shape index (κ1) is 15.0. The normalized spacial score (nSPS) is 20.4. The van der Waals surface area contributed by atoms with Crippen molar-refractivity contribution in [2.75, 3.05) is 27.2 Å². The highest BCUT2D eigenvalue weighted by Crippen LogP contribution is 2.16. The van der Waals surface area contributed by atoms with E-state index in [9.17, 15) is 4.79 Å². The Morgan fingerprint density at radius 1 is 1.55 bits per heavy atom. The average molecular weight is 280 g/mol. The molecule has 0 bridgehead atoms. The Bertz CT molecular complexity index is 444. The van der Waals surface area contributed by atoms with Crippen molar-refractivity contribution in [3.05, 3.63) is 18.0 Å². The predicted octanol–water partition coefficient (Wildman–Crippen LogP) is 0.884. The molecule has 20 heavy (non-hydrogen) atoms. The Balaban J connectivity index is 1.85. The van der Waals surface area contributed by atoms with Gasteiger partial charge in [-0.1, -0.05) is 0 Å². The maximum Gasteiger partial charge on any atom is 0.305 e. The Labute approximate surface area is 120 Å². The number of hydrogen-bond acceptors (Lipinski definition) is 4. The van der Waals surface area contributed by atoms with Crippen LogP contribution in [0.4, 0.5) is 0 Å². The minimum absolute atomic E-state index is 0.119. The summed E-state index contributed by atoms with van der Waals surface area (Å²) in [5, 5.41) is 12.9. The van der Waals surface area contributed by atoms with Crippen molar-refractivity contribution in [3.63, 3.8) is 0 Å². The van der Waals surface area contributed by atoms with Crippen LogP contribution in [0.1, 0.15) is 24.8 Å². The number of aryl methyl sites for hydroxylation is 1. The molecule has 1 N–H and O–H groups in total. The molecule has 6 nitrogen and oxygen atoms in total. The van der Waals surface area contributed by atoms with Gasteiger partial charge in [-0.25, -0.2) is 0 Å². The van der Waals surface area contributed by atoms with Crippen LogP contribution in [0.2, 0.25) is 0 Å². The lowest BCUT2D eigenvalue weighted by atomic mass is 10.0. The number of carboxylic acids is 1. The Hall–Kier alpha value is -1.40. The number of piperidine rings is 1. The lowest BCUT2D eigenvalue weighted by Crippen LogP contribution is -2.44. The second-order valence-corrected chi connectivity index (χ2v) is 5.75. The third-order valence-electron chi connectivity index (χ3n) is 3.86. The van der Waals surface area contributed by atoms with Gasteiger partial charge in [-0.15, -0.1) is 0 Å². The first-order valence-electron chi connectivity index (χ1n) is 7.16. The molecule has 1 fully saturated rings. The standard InChI is InChI=1S/C14H24N4O2/c1-16(2)13-4-3-6-17(11-13)9-12-8-15-18(10-12)7-5-14(19)20/h8,10,13H,3-7,9,11H2,1-2H3,(H,19,20)/t13-/m0/s1. The summed E-state index contributed by atoms with van der Waals surface area (Å²) in [5.41, 5.74) is 1.16. The maximum atomic E-state index is 10.5. The van der Waals surface area contributed by atoms with Crippen molar-refractivity contribution in [2.24, 2.45) is 0 Å². The fourth-order valence-corrected chi connectivity index (χ4v) is 2.67. The van der Waals surface area contributed by atoms with E-state index >= 15 is 0 Å². The zero-order valence-corrected chi connectivity index (χ0v) is 12.3. The molecule has 0 aromatic carbocycles. The molecule has 0 spiro atoms. The molecule has 1 aromatic rings. The van der Waals surface area contributed by atoms with E-state index in [4.69, 9.17) is 5.11 Å². The van der Waals surface area contributed by atoms with Crippen molar-refractivity contribution in [1.29, 1.82) is 0 Å². The number of carboxylic acid groups (broad SMARTS) is 1. The van der Waals surface area contributed by atoms with E-state index in [1.165, 1.54) is 12.8 Å².